The lowest BCUT2D eigenvalue weighted by Gasteiger charge is -2.48. The number of halogens is 1. The van der Waals surface area contributed by atoms with E-state index in [0.29, 0.717) is 19.1 Å². The minimum atomic E-state index is -0.409. The average Bonchev–Trinajstić information content (AvgIpc) is 2.56. The zero-order valence-corrected chi connectivity index (χ0v) is 13.4. The number of nitrogens with one attached hydrogen (secondary N) is 1. The van der Waals surface area contributed by atoms with Crippen LogP contribution < -0.4 is 10.2 Å². The minimum absolute atomic E-state index is 0.231. The molecule has 24 heavy (non-hydrogen) atoms. The number of amides is 2. The Hall–Kier alpha value is -2.56. The zero-order valence-electron chi connectivity index (χ0n) is 13.4. The Kier molecular flexibility index (Phi) is 3.84. The fourth-order valence-corrected chi connectivity index (χ4v) is 3.52. The van der Waals surface area contributed by atoms with E-state index in [2.05, 4.69) is 34.5 Å². The monoisotopic (exact) mass is 325 g/mol. The number of nitrogens with zero attached hydrogens (tertiary/aromatic N) is 2. The molecule has 2 heterocycles. The van der Waals surface area contributed by atoms with Crippen LogP contribution in [0.1, 0.15) is 12.0 Å². The number of benzene rings is 2. The lowest BCUT2D eigenvalue weighted by molar-refractivity contribution is 0.160. The Bertz CT molecular complexity index is 758. The van der Waals surface area contributed by atoms with Crippen molar-refractivity contribution in [3.05, 3.63) is 59.9 Å². The highest BCUT2D eigenvalue weighted by Gasteiger charge is 2.36. The van der Waals surface area contributed by atoms with Crippen molar-refractivity contribution >= 4 is 17.4 Å². The second-order valence-corrected chi connectivity index (χ2v) is 6.39. The zero-order chi connectivity index (χ0) is 16.5. The van der Waals surface area contributed by atoms with E-state index in [1.54, 1.807) is 23.1 Å². The van der Waals surface area contributed by atoms with Crippen molar-refractivity contribution in [2.75, 3.05) is 29.9 Å². The third-order valence-electron chi connectivity index (χ3n) is 4.85. The molecule has 2 aliphatic rings. The number of fused-ring (bicyclic) bond motifs is 1. The Labute approximate surface area is 140 Å². The Morgan fingerprint density at radius 2 is 1.83 bits per heavy atom. The van der Waals surface area contributed by atoms with Crippen LogP contribution in [0.4, 0.5) is 20.6 Å². The van der Waals surface area contributed by atoms with Gasteiger partial charge in [0.2, 0.25) is 0 Å². The van der Waals surface area contributed by atoms with Crippen molar-refractivity contribution in [3.63, 3.8) is 0 Å². The molecule has 124 valence electrons. The van der Waals surface area contributed by atoms with Crippen molar-refractivity contribution < 1.29 is 9.18 Å². The lowest BCUT2D eigenvalue weighted by atomic mass is 9.97. The summed E-state index contributed by atoms with van der Waals surface area (Å²) in [7, 11) is 0. The van der Waals surface area contributed by atoms with Crippen molar-refractivity contribution in [1.29, 1.82) is 0 Å². The average molecular weight is 325 g/mol. The number of rotatable bonds is 2. The summed E-state index contributed by atoms with van der Waals surface area (Å²) in [5.41, 5.74) is 2.91. The normalized spacial score (nSPS) is 17.2. The number of likely N-dealkylation sites (tertiary alicyclic amines) is 1. The summed E-state index contributed by atoms with van der Waals surface area (Å²) in [6.07, 6.45) is 2.27. The number of anilines is 2. The first-order chi connectivity index (χ1) is 11.7. The topological polar surface area (TPSA) is 35.6 Å². The summed E-state index contributed by atoms with van der Waals surface area (Å²) >= 11 is 0. The van der Waals surface area contributed by atoms with Gasteiger partial charge >= 0.3 is 6.03 Å². The van der Waals surface area contributed by atoms with Gasteiger partial charge < -0.3 is 15.1 Å². The van der Waals surface area contributed by atoms with E-state index in [9.17, 15) is 9.18 Å². The first-order valence-electron chi connectivity index (χ1n) is 8.37. The van der Waals surface area contributed by atoms with E-state index in [0.717, 1.165) is 19.4 Å². The first kappa shape index (κ1) is 15.0. The molecule has 4 nitrogen and oxygen atoms in total. The summed E-state index contributed by atoms with van der Waals surface area (Å²) in [4.78, 5) is 16.4. The number of aryl methyl sites for hydroxylation is 1. The molecule has 0 aliphatic carbocycles. The lowest BCUT2D eigenvalue weighted by Crippen LogP contribution is -2.62. The molecule has 0 unspecified atom stereocenters. The number of carbonyl (C=O) groups excluding carboxylic acids is 1. The van der Waals surface area contributed by atoms with Gasteiger partial charge in [0, 0.05) is 25.3 Å². The fourth-order valence-electron chi connectivity index (χ4n) is 3.52. The largest absolute Gasteiger partial charge is 0.365 e. The summed E-state index contributed by atoms with van der Waals surface area (Å²) < 4.78 is 13.6. The molecule has 2 aliphatic heterocycles. The molecule has 1 N–H and O–H groups in total. The van der Waals surface area contributed by atoms with Gasteiger partial charge in [-0.1, -0.05) is 30.3 Å². The molecular formula is C19H20FN3O. The summed E-state index contributed by atoms with van der Waals surface area (Å²) in [5, 5.41) is 2.65. The maximum Gasteiger partial charge on any atom is 0.322 e. The van der Waals surface area contributed by atoms with Crippen molar-refractivity contribution in [1.82, 2.24) is 4.90 Å². The van der Waals surface area contributed by atoms with Crippen LogP contribution in [0.15, 0.2) is 48.5 Å². The van der Waals surface area contributed by atoms with E-state index < -0.39 is 5.82 Å². The third kappa shape index (κ3) is 2.70. The second kappa shape index (κ2) is 6.15. The number of carbonyl (C=O) groups is 1. The van der Waals surface area contributed by atoms with Gasteiger partial charge in [0.1, 0.15) is 5.82 Å². The Morgan fingerprint density at radius 3 is 2.67 bits per heavy atom. The Morgan fingerprint density at radius 1 is 1.08 bits per heavy atom. The standard InChI is InChI=1S/C19H20FN3O/c20-16-8-2-3-9-17(16)21-19(24)22-12-15(13-22)23-11-5-7-14-6-1-4-10-18(14)23/h1-4,6,8-10,15H,5,7,11-13H2,(H,21,24). The number of hydrogen-bond acceptors (Lipinski definition) is 2. The fraction of sp³-hybridized carbons (Fsp3) is 0.316. The van der Waals surface area contributed by atoms with Gasteiger partial charge in [-0.2, -0.15) is 0 Å². The second-order valence-electron chi connectivity index (χ2n) is 6.39. The summed E-state index contributed by atoms with van der Waals surface area (Å²) in [5.74, 6) is -0.409. The number of urea groups is 1. The smallest absolute Gasteiger partial charge is 0.322 e. The van der Waals surface area contributed by atoms with Crippen molar-refractivity contribution in [2.24, 2.45) is 0 Å². The predicted molar refractivity (Wildman–Crippen MR) is 92.9 cm³/mol. The molecule has 1 saturated heterocycles. The van der Waals surface area contributed by atoms with Crippen LogP contribution >= 0.6 is 0 Å². The molecule has 2 aromatic rings. The molecule has 2 amide bonds. The molecule has 0 atom stereocenters. The molecule has 0 bridgehead atoms. The van der Waals surface area contributed by atoms with E-state index >= 15 is 0 Å². The molecular weight excluding hydrogens is 305 g/mol. The van der Waals surface area contributed by atoms with Gasteiger partial charge in [-0.3, -0.25) is 0 Å². The SMILES string of the molecule is O=C(Nc1ccccc1F)N1CC(N2CCCc3ccccc32)C1. The third-order valence-corrected chi connectivity index (χ3v) is 4.85. The van der Waals surface area contributed by atoms with Gasteiger partial charge in [0.05, 0.1) is 11.7 Å². The maximum absolute atomic E-state index is 13.6. The number of para-hydroxylation sites is 2. The predicted octanol–water partition coefficient (Wildman–Crippen LogP) is 3.49. The van der Waals surface area contributed by atoms with Crippen LogP contribution in [0, 0.1) is 5.82 Å². The maximum atomic E-state index is 13.6. The van der Waals surface area contributed by atoms with E-state index in [4.69, 9.17) is 0 Å². The van der Waals surface area contributed by atoms with E-state index in [-0.39, 0.29) is 11.7 Å². The molecule has 5 heteroatoms. The highest BCUT2D eigenvalue weighted by atomic mass is 19.1. The van der Waals surface area contributed by atoms with Crippen molar-refractivity contribution in [3.8, 4) is 0 Å². The van der Waals surface area contributed by atoms with Crippen molar-refractivity contribution in [2.45, 2.75) is 18.9 Å². The molecule has 2 aromatic carbocycles. The molecule has 1 fully saturated rings. The minimum Gasteiger partial charge on any atom is -0.365 e. The van der Waals surface area contributed by atoms with E-state index in [1.165, 1.54) is 17.3 Å². The molecule has 0 spiro atoms. The van der Waals surface area contributed by atoms with Gasteiger partial charge in [0.15, 0.2) is 0 Å². The van der Waals surface area contributed by atoms with E-state index in [1.807, 2.05) is 0 Å². The van der Waals surface area contributed by atoms with Gasteiger partial charge in [-0.25, -0.2) is 9.18 Å². The van der Waals surface area contributed by atoms with Crippen LogP contribution in [0.3, 0.4) is 0 Å². The van der Waals surface area contributed by atoms with Gasteiger partial charge in [-0.05, 0) is 36.6 Å². The molecule has 0 saturated carbocycles. The van der Waals surface area contributed by atoms with Crippen LogP contribution in [0.2, 0.25) is 0 Å². The summed E-state index contributed by atoms with van der Waals surface area (Å²) in [6.45, 7) is 2.38. The highest BCUT2D eigenvalue weighted by molar-refractivity contribution is 5.90. The quantitative estimate of drug-likeness (QED) is 0.917. The van der Waals surface area contributed by atoms with Crippen LogP contribution in [-0.4, -0.2) is 36.6 Å². The van der Waals surface area contributed by atoms with Crippen LogP contribution in [-0.2, 0) is 6.42 Å². The highest BCUT2D eigenvalue weighted by Crippen LogP contribution is 2.31. The molecule has 0 radical (unpaired) electrons. The van der Waals surface area contributed by atoms with Crippen LogP contribution in [0.25, 0.3) is 0 Å². The molecule has 0 aromatic heterocycles. The van der Waals surface area contributed by atoms with Gasteiger partial charge in [0.25, 0.3) is 0 Å². The first-order valence-corrected chi connectivity index (χ1v) is 8.37. The molecule has 4 rings (SSSR count). The number of hydrogen-bond donors (Lipinski definition) is 1. The summed E-state index contributed by atoms with van der Waals surface area (Å²) in [6, 6.07) is 14.8. The van der Waals surface area contributed by atoms with Crippen LogP contribution in [0.5, 0.6) is 0 Å². The van der Waals surface area contributed by atoms with Gasteiger partial charge in [-0.15, -0.1) is 0 Å². The Balaban J connectivity index is 1.39.